The molecule has 9 heteroatoms. The van der Waals surface area contributed by atoms with Gasteiger partial charge in [0, 0.05) is 12.0 Å². The van der Waals surface area contributed by atoms with Crippen molar-refractivity contribution in [3.05, 3.63) is 29.8 Å². The molecule has 1 fully saturated rings. The number of carboxylic acid groups (broad SMARTS) is 1. The van der Waals surface area contributed by atoms with Gasteiger partial charge in [0.05, 0.1) is 0 Å². The van der Waals surface area contributed by atoms with Crippen molar-refractivity contribution >= 4 is 18.0 Å². The van der Waals surface area contributed by atoms with Crippen molar-refractivity contribution in [2.45, 2.75) is 44.1 Å². The molecule has 0 radical (unpaired) electrons. The van der Waals surface area contributed by atoms with Crippen LogP contribution in [0.3, 0.4) is 0 Å². The monoisotopic (exact) mass is 421 g/mol. The SMILES string of the molecule is CCC1(c2cccc(OC(=O)NCC(=O)OCC(N)C(=O)O)c2)CCCCN(C)C1. The molecule has 4 N–H and O–H groups in total. The van der Waals surface area contributed by atoms with Crippen LogP contribution in [0.4, 0.5) is 4.79 Å². The number of likely N-dealkylation sites (tertiary alicyclic amines) is 1. The first kappa shape index (κ1) is 23.6. The molecule has 2 atom stereocenters. The third-order valence-corrected chi connectivity index (χ3v) is 5.47. The summed E-state index contributed by atoms with van der Waals surface area (Å²) in [6.45, 7) is 3.29. The molecule has 0 aliphatic carbocycles. The van der Waals surface area contributed by atoms with Gasteiger partial charge in [-0.25, -0.2) is 4.79 Å². The number of hydrogen-bond acceptors (Lipinski definition) is 7. The second-order valence-corrected chi connectivity index (χ2v) is 7.73. The molecule has 2 rings (SSSR count). The minimum absolute atomic E-state index is 0.00775. The standard InChI is InChI=1S/C21H31N3O6/c1-3-21(9-4-5-10-24(2)14-21)15-7-6-8-16(11-15)30-20(28)23-12-18(25)29-13-17(22)19(26)27/h6-8,11,17H,3-5,9-10,12-14,22H2,1-2H3,(H,23,28)(H,26,27). The van der Waals surface area contributed by atoms with E-state index >= 15 is 0 Å². The molecular formula is C21H31N3O6. The average Bonchev–Trinajstić information content (AvgIpc) is 2.92. The fraction of sp³-hybridized carbons (Fsp3) is 0.571. The van der Waals surface area contributed by atoms with E-state index in [0.29, 0.717) is 5.75 Å². The third kappa shape index (κ3) is 6.70. The van der Waals surface area contributed by atoms with Crippen molar-refractivity contribution < 1.29 is 29.0 Å². The summed E-state index contributed by atoms with van der Waals surface area (Å²) >= 11 is 0. The lowest BCUT2D eigenvalue weighted by atomic mass is 9.74. The highest BCUT2D eigenvalue weighted by Gasteiger charge is 2.33. The summed E-state index contributed by atoms with van der Waals surface area (Å²) in [7, 11) is 2.13. The molecule has 1 aromatic carbocycles. The van der Waals surface area contributed by atoms with Crippen LogP contribution in [0.1, 0.15) is 38.2 Å². The third-order valence-electron chi connectivity index (χ3n) is 5.47. The van der Waals surface area contributed by atoms with Gasteiger partial charge in [-0.05, 0) is 50.6 Å². The van der Waals surface area contributed by atoms with Gasteiger partial charge in [-0.3, -0.25) is 9.59 Å². The molecule has 0 saturated carbocycles. The van der Waals surface area contributed by atoms with E-state index in [9.17, 15) is 14.4 Å². The Labute approximate surface area is 176 Å². The Bertz CT molecular complexity index is 756. The van der Waals surface area contributed by atoms with Gasteiger partial charge < -0.3 is 30.5 Å². The maximum Gasteiger partial charge on any atom is 0.413 e. The molecule has 1 aromatic rings. The van der Waals surface area contributed by atoms with Crippen LogP contribution in [0.2, 0.25) is 0 Å². The first-order valence-corrected chi connectivity index (χ1v) is 10.1. The number of rotatable bonds is 8. The number of esters is 1. The first-order valence-electron chi connectivity index (χ1n) is 10.1. The van der Waals surface area contributed by atoms with Gasteiger partial charge in [0.15, 0.2) is 0 Å². The maximum absolute atomic E-state index is 12.0. The molecule has 1 aliphatic heterocycles. The quantitative estimate of drug-likeness (QED) is 0.538. The summed E-state index contributed by atoms with van der Waals surface area (Å²) in [6.07, 6.45) is 3.59. The van der Waals surface area contributed by atoms with Gasteiger partial charge in [-0.2, -0.15) is 0 Å². The van der Waals surface area contributed by atoms with E-state index in [1.807, 2.05) is 12.1 Å². The number of benzene rings is 1. The van der Waals surface area contributed by atoms with Crippen LogP contribution in [-0.4, -0.2) is 67.4 Å². The van der Waals surface area contributed by atoms with Crippen LogP contribution in [-0.2, 0) is 19.7 Å². The Morgan fingerprint density at radius 2 is 2.10 bits per heavy atom. The predicted octanol–water partition coefficient (Wildman–Crippen LogP) is 1.49. The summed E-state index contributed by atoms with van der Waals surface area (Å²) in [4.78, 5) is 36.6. The zero-order chi connectivity index (χ0) is 22.1. The molecule has 1 heterocycles. The van der Waals surface area contributed by atoms with Gasteiger partial charge in [-0.15, -0.1) is 0 Å². The van der Waals surface area contributed by atoms with Gasteiger partial charge >= 0.3 is 18.0 Å². The van der Waals surface area contributed by atoms with Crippen LogP contribution < -0.4 is 15.8 Å². The Balaban J connectivity index is 1.93. The van der Waals surface area contributed by atoms with Crippen LogP contribution in [0, 0.1) is 0 Å². The van der Waals surface area contributed by atoms with Crippen molar-refractivity contribution in [1.29, 1.82) is 0 Å². The number of carbonyl (C=O) groups excluding carboxylic acids is 2. The van der Waals surface area contributed by atoms with Crippen LogP contribution >= 0.6 is 0 Å². The molecular weight excluding hydrogens is 390 g/mol. The Hall–Kier alpha value is -2.65. The molecule has 0 aromatic heterocycles. The Kier molecular flexibility index (Phi) is 8.61. The Morgan fingerprint density at radius 3 is 2.80 bits per heavy atom. The van der Waals surface area contributed by atoms with Crippen molar-refractivity contribution in [3.63, 3.8) is 0 Å². The number of carboxylic acids is 1. The molecule has 1 saturated heterocycles. The maximum atomic E-state index is 12.0. The van der Waals surface area contributed by atoms with E-state index in [2.05, 4.69) is 30.3 Å². The van der Waals surface area contributed by atoms with E-state index < -0.39 is 37.2 Å². The van der Waals surface area contributed by atoms with Crippen LogP contribution in [0.15, 0.2) is 24.3 Å². The fourth-order valence-corrected chi connectivity index (χ4v) is 3.73. The molecule has 0 bridgehead atoms. The second kappa shape index (κ2) is 10.9. The molecule has 1 aliphatic rings. The smallest absolute Gasteiger partial charge is 0.413 e. The summed E-state index contributed by atoms with van der Waals surface area (Å²) in [6, 6.07) is 6.19. The minimum atomic E-state index is -1.31. The van der Waals surface area contributed by atoms with Gasteiger partial charge in [0.2, 0.25) is 0 Å². The van der Waals surface area contributed by atoms with Crippen molar-refractivity contribution in [2.24, 2.45) is 5.73 Å². The number of nitrogens with zero attached hydrogens (tertiary/aromatic N) is 1. The first-order chi connectivity index (χ1) is 14.3. The number of amides is 1. The van der Waals surface area contributed by atoms with Gasteiger partial charge in [-0.1, -0.05) is 25.5 Å². The average molecular weight is 421 g/mol. The van der Waals surface area contributed by atoms with Crippen molar-refractivity contribution in [1.82, 2.24) is 10.2 Å². The molecule has 0 spiro atoms. The predicted molar refractivity (Wildman–Crippen MR) is 110 cm³/mol. The number of nitrogens with two attached hydrogens (primary N) is 1. The second-order valence-electron chi connectivity index (χ2n) is 7.73. The van der Waals surface area contributed by atoms with E-state index in [4.69, 9.17) is 20.3 Å². The lowest BCUT2D eigenvalue weighted by Gasteiger charge is -2.35. The number of carbonyl (C=O) groups is 3. The van der Waals surface area contributed by atoms with E-state index in [0.717, 1.165) is 37.9 Å². The largest absolute Gasteiger partial charge is 0.480 e. The number of nitrogens with one attached hydrogen (secondary N) is 1. The summed E-state index contributed by atoms with van der Waals surface area (Å²) in [5, 5.41) is 10.9. The molecule has 1 amide bonds. The summed E-state index contributed by atoms with van der Waals surface area (Å²) < 4.78 is 10.0. The molecule has 2 unspecified atom stereocenters. The number of aliphatic carboxylic acids is 1. The van der Waals surface area contributed by atoms with Gasteiger partial charge in [0.25, 0.3) is 0 Å². The fourth-order valence-electron chi connectivity index (χ4n) is 3.73. The minimum Gasteiger partial charge on any atom is -0.480 e. The van der Waals surface area contributed by atoms with E-state index in [1.165, 1.54) is 6.42 Å². The molecule has 30 heavy (non-hydrogen) atoms. The van der Waals surface area contributed by atoms with E-state index in [-0.39, 0.29) is 5.41 Å². The normalized spacial score (nSPS) is 20.6. The Morgan fingerprint density at radius 1 is 1.33 bits per heavy atom. The lowest BCUT2D eigenvalue weighted by Crippen LogP contribution is -2.38. The summed E-state index contributed by atoms with van der Waals surface area (Å²) in [5.74, 6) is -1.69. The number of hydrogen-bond donors (Lipinski definition) is 3. The molecule has 9 nitrogen and oxygen atoms in total. The van der Waals surface area contributed by atoms with Gasteiger partial charge in [0.1, 0.15) is 24.9 Å². The highest BCUT2D eigenvalue weighted by Crippen LogP contribution is 2.37. The number of likely N-dealkylation sites (N-methyl/N-ethyl adjacent to an activating group) is 1. The van der Waals surface area contributed by atoms with Crippen LogP contribution in [0.5, 0.6) is 5.75 Å². The lowest BCUT2D eigenvalue weighted by molar-refractivity contribution is -0.147. The van der Waals surface area contributed by atoms with Crippen molar-refractivity contribution in [2.75, 3.05) is 33.3 Å². The highest BCUT2D eigenvalue weighted by molar-refractivity contribution is 5.79. The topological polar surface area (TPSA) is 131 Å². The van der Waals surface area contributed by atoms with Crippen molar-refractivity contribution in [3.8, 4) is 5.75 Å². The number of ether oxygens (including phenoxy) is 2. The van der Waals surface area contributed by atoms with Crippen LogP contribution in [0.25, 0.3) is 0 Å². The van der Waals surface area contributed by atoms with E-state index in [1.54, 1.807) is 6.07 Å². The zero-order valence-corrected chi connectivity index (χ0v) is 17.6. The zero-order valence-electron chi connectivity index (χ0n) is 17.6. The summed E-state index contributed by atoms with van der Waals surface area (Å²) in [5.41, 5.74) is 6.39. The highest BCUT2D eigenvalue weighted by atomic mass is 16.6. The molecule has 166 valence electrons.